The zero-order valence-electron chi connectivity index (χ0n) is 17.0. The van der Waals surface area contributed by atoms with Gasteiger partial charge in [0.05, 0.1) is 6.54 Å². The molecule has 6 nitrogen and oxygen atoms in total. The van der Waals surface area contributed by atoms with Gasteiger partial charge in [-0.3, -0.25) is 0 Å². The van der Waals surface area contributed by atoms with Crippen molar-refractivity contribution in [3.63, 3.8) is 0 Å². The van der Waals surface area contributed by atoms with E-state index in [1.54, 1.807) is 12.1 Å². The minimum Gasteiger partial charge on any atom is -0.473 e. The molecule has 162 valence electrons. The Hall–Kier alpha value is -3.26. The summed E-state index contributed by atoms with van der Waals surface area (Å²) in [5, 5.41) is 9.63. The van der Waals surface area contributed by atoms with Crippen LogP contribution in [0.1, 0.15) is 29.9 Å². The third-order valence-electron chi connectivity index (χ3n) is 5.78. The fourth-order valence-corrected chi connectivity index (χ4v) is 4.13. The third-order valence-corrected chi connectivity index (χ3v) is 5.78. The van der Waals surface area contributed by atoms with Crippen LogP contribution in [0.25, 0.3) is 10.9 Å². The van der Waals surface area contributed by atoms with Gasteiger partial charge in [-0.15, -0.1) is 0 Å². The molecule has 0 bridgehead atoms. The van der Waals surface area contributed by atoms with Crippen LogP contribution in [0.4, 0.5) is 8.78 Å². The van der Waals surface area contributed by atoms with Crippen molar-refractivity contribution in [3.05, 3.63) is 65.4 Å². The molecule has 31 heavy (non-hydrogen) atoms. The van der Waals surface area contributed by atoms with Gasteiger partial charge in [-0.2, -0.15) is 0 Å². The monoisotopic (exact) mass is 428 g/mol. The summed E-state index contributed by atoms with van der Waals surface area (Å²) in [6, 6.07) is 8.41. The Morgan fingerprint density at radius 3 is 2.55 bits per heavy atom. The molecule has 1 fully saturated rings. The summed E-state index contributed by atoms with van der Waals surface area (Å²) in [4.78, 5) is 24.6. The van der Waals surface area contributed by atoms with Crippen molar-refractivity contribution < 1.29 is 28.2 Å². The predicted octanol–water partition coefficient (Wildman–Crippen LogP) is 3.77. The quantitative estimate of drug-likeness (QED) is 0.389. The molecule has 2 aromatic carbocycles. The first-order valence-corrected chi connectivity index (χ1v) is 10.0. The Bertz CT molecular complexity index is 1150. The molecule has 0 amide bonds. The van der Waals surface area contributed by atoms with Gasteiger partial charge in [0.1, 0.15) is 17.4 Å². The molecule has 4 rings (SSSR count). The first-order chi connectivity index (χ1) is 14.8. The van der Waals surface area contributed by atoms with Crippen molar-refractivity contribution in [2.24, 2.45) is 0 Å². The van der Waals surface area contributed by atoms with Crippen molar-refractivity contribution in [3.8, 4) is 5.75 Å². The molecule has 0 spiro atoms. The van der Waals surface area contributed by atoms with E-state index < -0.39 is 23.6 Å². The van der Waals surface area contributed by atoms with Crippen molar-refractivity contribution in [1.29, 1.82) is 0 Å². The second kappa shape index (κ2) is 8.47. The molecule has 0 unspecified atom stereocenters. The van der Waals surface area contributed by atoms with E-state index in [4.69, 9.17) is 9.84 Å². The molecule has 1 aliphatic heterocycles. The topological polar surface area (TPSA) is 71.8 Å². The number of benzene rings is 2. The van der Waals surface area contributed by atoms with Gasteiger partial charge in [-0.1, -0.05) is 6.07 Å². The van der Waals surface area contributed by atoms with E-state index in [0.717, 1.165) is 48.5 Å². The number of aliphatic carboxylic acids is 1. The van der Waals surface area contributed by atoms with E-state index in [1.807, 2.05) is 10.8 Å². The summed E-state index contributed by atoms with van der Waals surface area (Å²) < 4.78 is 34.4. The van der Waals surface area contributed by atoms with Gasteiger partial charge < -0.3 is 19.3 Å². The molecule has 0 aliphatic carbocycles. The van der Waals surface area contributed by atoms with Gasteiger partial charge in [0, 0.05) is 28.7 Å². The number of fused-ring (bicyclic) bond motifs is 1. The lowest BCUT2D eigenvalue weighted by molar-refractivity contribution is -0.158. The Labute approximate surface area is 177 Å². The molecule has 1 aromatic heterocycles. The van der Waals surface area contributed by atoms with Crippen LogP contribution in [0.15, 0.2) is 42.6 Å². The lowest BCUT2D eigenvalue weighted by Crippen LogP contribution is -2.29. The number of carbonyl (C=O) groups is 2. The van der Waals surface area contributed by atoms with Gasteiger partial charge in [-0.25, -0.2) is 18.4 Å². The molecule has 0 saturated carbocycles. The SMILES string of the molecule is CN1CCC(c2cn(Cc3ccc(F)cc3F)c3ccc(OC(=O)C(=O)O)cc23)CC1. The third kappa shape index (κ3) is 4.44. The fourth-order valence-electron chi connectivity index (χ4n) is 4.13. The van der Waals surface area contributed by atoms with Gasteiger partial charge in [-0.05, 0) is 68.7 Å². The normalized spacial score (nSPS) is 15.3. The molecule has 8 heteroatoms. The molecule has 1 N–H and O–H groups in total. The molecule has 3 aromatic rings. The van der Waals surface area contributed by atoms with Crippen LogP contribution in [-0.2, 0) is 16.1 Å². The summed E-state index contributed by atoms with van der Waals surface area (Å²) in [5.41, 5.74) is 2.20. The number of hydrogen-bond donors (Lipinski definition) is 1. The molecular formula is C23H22F2N2O4. The smallest absolute Gasteiger partial charge is 0.422 e. The molecule has 1 saturated heterocycles. The molecule has 0 radical (unpaired) electrons. The summed E-state index contributed by atoms with van der Waals surface area (Å²) >= 11 is 0. The number of esters is 1. The van der Waals surface area contributed by atoms with E-state index in [0.29, 0.717) is 5.56 Å². The number of carbonyl (C=O) groups excluding carboxylic acids is 1. The second-order valence-electron chi connectivity index (χ2n) is 7.90. The van der Waals surface area contributed by atoms with Crippen molar-refractivity contribution in [2.75, 3.05) is 20.1 Å². The number of carboxylic acids is 1. The van der Waals surface area contributed by atoms with E-state index in [9.17, 15) is 18.4 Å². The average molecular weight is 428 g/mol. The summed E-state index contributed by atoms with van der Waals surface area (Å²) in [7, 11) is 2.07. The number of piperidine rings is 1. The maximum Gasteiger partial charge on any atom is 0.422 e. The Balaban J connectivity index is 1.75. The number of aromatic nitrogens is 1. The van der Waals surface area contributed by atoms with Crippen LogP contribution >= 0.6 is 0 Å². The maximum atomic E-state index is 14.3. The number of likely N-dealkylation sites (tertiary alicyclic amines) is 1. The largest absolute Gasteiger partial charge is 0.473 e. The van der Waals surface area contributed by atoms with Gasteiger partial charge >= 0.3 is 11.9 Å². The first kappa shape index (κ1) is 21.0. The first-order valence-electron chi connectivity index (χ1n) is 10.0. The zero-order valence-corrected chi connectivity index (χ0v) is 17.0. The van der Waals surface area contributed by atoms with E-state index >= 15 is 0 Å². The highest BCUT2D eigenvalue weighted by Gasteiger charge is 2.24. The number of rotatable bonds is 4. The number of nitrogens with zero attached hydrogens (tertiary/aromatic N) is 2. The number of ether oxygens (including phenoxy) is 1. The molecule has 0 atom stereocenters. The Kier molecular flexibility index (Phi) is 5.73. The minimum absolute atomic E-state index is 0.139. The predicted molar refractivity (Wildman–Crippen MR) is 110 cm³/mol. The highest BCUT2D eigenvalue weighted by molar-refractivity contribution is 6.29. The molecule has 1 aliphatic rings. The van der Waals surface area contributed by atoms with Crippen molar-refractivity contribution >= 4 is 22.8 Å². The number of hydrogen-bond acceptors (Lipinski definition) is 4. The summed E-state index contributed by atoms with van der Waals surface area (Å²) in [6.45, 7) is 2.10. The van der Waals surface area contributed by atoms with Crippen LogP contribution in [0.3, 0.4) is 0 Å². The van der Waals surface area contributed by atoms with E-state index in [-0.39, 0.29) is 18.2 Å². The van der Waals surface area contributed by atoms with Gasteiger partial charge in [0.15, 0.2) is 0 Å². The standard InChI is InChI=1S/C23H22F2N2O4/c1-26-8-6-14(7-9-26)19-13-27(12-15-2-3-16(24)10-20(15)25)21-5-4-17(11-18(19)21)31-23(30)22(28)29/h2-5,10-11,13-14H,6-9,12H2,1H3,(H,28,29). The summed E-state index contributed by atoms with van der Waals surface area (Å²) in [6.07, 6.45) is 3.85. The van der Waals surface area contributed by atoms with Gasteiger partial charge in [0.25, 0.3) is 0 Å². The minimum atomic E-state index is -1.67. The molecule has 2 heterocycles. The van der Waals surface area contributed by atoms with E-state index in [2.05, 4.69) is 11.9 Å². The lowest BCUT2D eigenvalue weighted by atomic mass is 9.89. The van der Waals surface area contributed by atoms with Gasteiger partial charge in [0.2, 0.25) is 0 Å². The zero-order chi connectivity index (χ0) is 22.1. The lowest BCUT2D eigenvalue weighted by Gasteiger charge is -2.28. The van der Waals surface area contributed by atoms with Crippen molar-refractivity contribution in [2.45, 2.75) is 25.3 Å². The number of carboxylic acid groups (broad SMARTS) is 1. The highest BCUT2D eigenvalue weighted by atomic mass is 19.1. The van der Waals surface area contributed by atoms with Crippen LogP contribution in [0.2, 0.25) is 0 Å². The fraction of sp³-hybridized carbons (Fsp3) is 0.304. The van der Waals surface area contributed by atoms with E-state index in [1.165, 1.54) is 18.2 Å². The molecular weight excluding hydrogens is 406 g/mol. The van der Waals surface area contributed by atoms with Crippen LogP contribution in [0, 0.1) is 11.6 Å². The van der Waals surface area contributed by atoms with Crippen LogP contribution in [-0.4, -0.2) is 46.6 Å². The van der Waals surface area contributed by atoms with Crippen molar-refractivity contribution in [1.82, 2.24) is 9.47 Å². The Morgan fingerprint density at radius 2 is 1.87 bits per heavy atom. The Morgan fingerprint density at radius 1 is 1.13 bits per heavy atom. The summed E-state index contributed by atoms with van der Waals surface area (Å²) in [5.74, 6) is -3.86. The van der Waals surface area contributed by atoms with Crippen LogP contribution < -0.4 is 4.74 Å². The highest BCUT2D eigenvalue weighted by Crippen LogP contribution is 2.36. The number of halogens is 2. The maximum absolute atomic E-state index is 14.3. The van der Waals surface area contributed by atoms with Crippen LogP contribution in [0.5, 0.6) is 5.75 Å². The second-order valence-corrected chi connectivity index (χ2v) is 7.90. The average Bonchev–Trinajstić information content (AvgIpc) is 3.08.